The van der Waals surface area contributed by atoms with Crippen LogP contribution in [0.1, 0.15) is 18.3 Å². The molecular weight excluding hydrogens is 531 g/mol. The van der Waals surface area contributed by atoms with Gasteiger partial charge in [-0.05, 0) is 43.5 Å². The van der Waals surface area contributed by atoms with Crippen molar-refractivity contribution in [3.05, 3.63) is 87.3 Å². The van der Waals surface area contributed by atoms with Gasteiger partial charge in [-0.25, -0.2) is 24.7 Å². The predicted molar refractivity (Wildman–Crippen MR) is 142 cm³/mol. The van der Waals surface area contributed by atoms with Gasteiger partial charge in [0.05, 0.1) is 24.3 Å². The lowest BCUT2D eigenvalue weighted by Gasteiger charge is -2.10. The molecule has 1 N–H and O–H groups in total. The summed E-state index contributed by atoms with van der Waals surface area (Å²) in [7, 11) is 1.47. The molecule has 4 aromatic rings. The third-order valence-electron chi connectivity index (χ3n) is 5.67. The van der Waals surface area contributed by atoms with Crippen LogP contribution in [0, 0.1) is 0 Å². The zero-order valence-electron chi connectivity index (χ0n) is 21.3. The van der Waals surface area contributed by atoms with E-state index in [-0.39, 0.29) is 41.3 Å². The van der Waals surface area contributed by atoms with Gasteiger partial charge >= 0.3 is 11.9 Å². The van der Waals surface area contributed by atoms with Crippen LogP contribution in [0.3, 0.4) is 0 Å². The fourth-order valence-electron chi connectivity index (χ4n) is 3.72. The number of aromatic nitrogens is 6. The van der Waals surface area contributed by atoms with E-state index in [0.29, 0.717) is 5.69 Å². The first kappa shape index (κ1) is 27.8. The summed E-state index contributed by atoms with van der Waals surface area (Å²) in [6.07, 6.45) is -0.989. The predicted octanol–water partition coefficient (Wildman–Crippen LogP) is 2.40. The number of halogens is 3. The van der Waals surface area contributed by atoms with E-state index in [2.05, 4.69) is 37.0 Å². The molecule has 0 atom stereocenters. The maximum absolute atomic E-state index is 13.3. The molecule has 0 saturated carbocycles. The molecule has 15 heteroatoms. The van der Waals surface area contributed by atoms with Crippen LogP contribution in [-0.2, 0) is 24.9 Å². The Hall–Kier alpha value is -5.21. The second kappa shape index (κ2) is 11.3. The molecular formula is C25H22F3N9O3. The largest absolute Gasteiger partial charge is 0.451 e. The summed E-state index contributed by atoms with van der Waals surface area (Å²) < 4.78 is 42.0. The number of aliphatic imine (C=N–C) groups is 2. The van der Waals surface area contributed by atoms with Crippen LogP contribution in [0.5, 0.6) is 0 Å². The van der Waals surface area contributed by atoms with Gasteiger partial charge in [0, 0.05) is 19.4 Å². The number of anilines is 1. The second-order valence-corrected chi connectivity index (χ2v) is 8.48. The van der Waals surface area contributed by atoms with Gasteiger partial charge < -0.3 is 9.88 Å². The van der Waals surface area contributed by atoms with Gasteiger partial charge in [0.15, 0.2) is 11.2 Å². The fraction of sp³-hybridized carbons (Fsp3) is 0.200. The van der Waals surface area contributed by atoms with E-state index < -0.39 is 29.2 Å². The highest BCUT2D eigenvalue weighted by Gasteiger charge is 2.35. The van der Waals surface area contributed by atoms with Gasteiger partial charge in [0.1, 0.15) is 12.4 Å². The number of carbonyl (C=O) groups is 1. The Morgan fingerprint density at radius 2 is 1.93 bits per heavy atom. The number of nitrogens with zero attached hydrogens (tertiary/aromatic N) is 8. The first-order chi connectivity index (χ1) is 19.0. The van der Waals surface area contributed by atoms with Crippen molar-refractivity contribution < 1.29 is 18.0 Å². The third-order valence-corrected chi connectivity index (χ3v) is 5.67. The van der Waals surface area contributed by atoms with Crippen molar-refractivity contribution in [2.24, 2.45) is 17.0 Å². The number of hydrogen-bond donors (Lipinski definition) is 1. The molecule has 0 saturated heterocycles. The highest BCUT2D eigenvalue weighted by molar-refractivity contribution is 5.92. The molecule has 0 bridgehead atoms. The maximum atomic E-state index is 13.3. The minimum absolute atomic E-state index is 0.0443. The van der Waals surface area contributed by atoms with Crippen molar-refractivity contribution in [2.75, 3.05) is 5.32 Å². The van der Waals surface area contributed by atoms with E-state index in [9.17, 15) is 27.6 Å². The summed E-state index contributed by atoms with van der Waals surface area (Å²) in [6.45, 7) is 3.96. The number of amides is 1. The van der Waals surface area contributed by atoms with Crippen LogP contribution < -0.4 is 16.6 Å². The highest BCUT2D eigenvalue weighted by Crippen LogP contribution is 2.20. The summed E-state index contributed by atoms with van der Waals surface area (Å²) in [6, 6.07) is 9.68. The van der Waals surface area contributed by atoms with Gasteiger partial charge in [0.25, 0.3) is 5.56 Å². The fourth-order valence-corrected chi connectivity index (χ4v) is 3.72. The summed E-state index contributed by atoms with van der Waals surface area (Å²) in [4.78, 5) is 57.6. The van der Waals surface area contributed by atoms with Crippen molar-refractivity contribution in [1.82, 2.24) is 28.7 Å². The number of fused-ring (bicyclic) bond motifs is 1. The average molecular weight is 554 g/mol. The topological polar surface area (TPSA) is 141 Å². The minimum atomic E-state index is -4.76. The Labute approximate surface area is 223 Å². The third kappa shape index (κ3) is 5.92. The summed E-state index contributed by atoms with van der Waals surface area (Å²) in [5.74, 6) is -1.86. The molecule has 0 spiro atoms. The molecule has 0 radical (unpaired) electrons. The van der Waals surface area contributed by atoms with Crippen LogP contribution in [0.2, 0.25) is 0 Å². The van der Waals surface area contributed by atoms with Crippen LogP contribution in [0.25, 0.3) is 16.7 Å². The SMILES string of the molecule is C=NC(=N/C=C(\C)c1cccc(NC(=O)Cn2cnc3c2c(=O)n(Cc2ccccn2)c(=O)n3C)n1)C(F)(F)F. The number of amidine groups is 1. The summed E-state index contributed by atoms with van der Waals surface area (Å²) in [5, 5.41) is 2.58. The lowest BCUT2D eigenvalue weighted by atomic mass is 10.2. The van der Waals surface area contributed by atoms with Crippen LogP contribution >= 0.6 is 0 Å². The normalized spacial score (nSPS) is 12.5. The number of alkyl halides is 3. The van der Waals surface area contributed by atoms with Crippen LogP contribution in [0.15, 0.2) is 74.7 Å². The number of carbonyl (C=O) groups excluding carboxylic acids is 1. The van der Waals surface area contributed by atoms with Crippen molar-refractivity contribution in [1.29, 1.82) is 0 Å². The molecule has 0 unspecified atom stereocenters. The van der Waals surface area contributed by atoms with Gasteiger partial charge in [-0.15, -0.1) is 0 Å². The van der Waals surface area contributed by atoms with Crippen molar-refractivity contribution in [3.8, 4) is 0 Å². The molecule has 0 aliphatic rings. The van der Waals surface area contributed by atoms with Crippen LogP contribution in [0.4, 0.5) is 19.0 Å². The molecule has 206 valence electrons. The Morgan fingerprint density at radius 1 is 1.15 bits per heavy atom. The first-order valence-corrected chi connectivity index (χ1v) is 11.6. The lowest BCUT2D eigenvalue weighted by Crippen LogP contribution is -2.40. The Kier molecular flexibility index (Phi) is 7.83. The van der Waals surface area contributed by atoms with Crippen molar-refractivity contribution in [3.63, 3.8) is 0 Å². The monoisotopic (exact) mass is 553 g/mol. The molecule has 4 heterocycles. The molecule has 0 aromatic carbocycles. The maximum Gasteiger partial charge on any atom is 0.451 e. The quantitative estimate of drug-likeness (QED) is 0.275. The number of hydrogen-bond acceptors (Lipinski definition) is 7. The first-order valence-electron chi connectivity index (χ1n) is 11.6. The number of imidazole rings is 1. The molecule has 12 nitrogen and oxygen atoms in total. The van der Waals surface area contributed by atoms with Gasteiger partial charge in [-0.1, -0.05) is 12.1 Å². The van der Waals surface area contributed by atoms with Crippen molar-refractivity contribution >= 4 is 41.0 Å². The Balaban J connectivity index is 1.58. The van der Waals surface area contributed by atoms with Gasteiger partial charge in [-0.2, -0.15) is 13.2 Å². The molecule has 4 rings (SSSR count). The molecule has 0 fully saturated rings. The number of pyridine rings is 2. The van der Waals surface area contributed by atoms with Gasteiger partial charge in [-0.3, -0.25) is 23.7 Å². The number of nitrogens with one attached hydrogen (secondary N) is 1. The zero-order valence-corrected chi connectivity index (χ0v) is 21.3. The van der Waals surface area contributed by atoms with E-state index in [1.807, 2.05) is 0 Å². The summed E-state index contributed by atoms with van der Waals surface area (Å²) in [5.41, 5.74) is -0.0394. The number of aryl methyl sites for hydroxylation is 1. The smallest absolute Gasteiger partial charge is 0.315 e. The number of rotatable bonds is 7. The molecule has 4 aromatic heterocycles. The molecule has 1 amide bonds. The number of allylic oxidation sites excluding steroid dienone is 1. The Bertz CT molecular complexity index is 1770. The summed E-state index contributed by atoms with van der Waals surface area (Å²) >= 11 is 0. The highest BCUT2D eigenvalue weighted by atomic mass is 19.4. The van der Waals surface area contributed by atoms with Crippen LogP contribution in [-0.4, -0.2) is 53.3 Å². The molecule has 0 aliphatic carbocycles. The van der Waals surface area contributed by atoms with E-state index in [0.717, 1.165) is 10.8 Å². The van der Waals surface area contributed by atoms with Gasteiger partial charge in [0.2, 0.25) is 11.7 Å². The second-order valence-electron chi connectivity index (χ2n) is 8.48. The van der Waals surface area contributed by atoms with E-state index in [1.165, 1.54) is 41.6 Å². The minimum Gasteiger partial charge on any atom is -0.315 e. The zero-order chi connectivity index (χ0) is 29.0. The van der Waals surface area contributed by atoms with E-state index in [4.69, 9.17) is 0 Å². The van der Waals surface area contributed by atoms with E-state index >= 15 is 0 Å². The standard InChI is InChI=1S/C25H22F3N9O3/c1-15(11-31-23(29-2)25(26,27)28)17-8-6-9-18(33-17)34-19(38)13-36-14-32-21-20(36)22(39)37(24(40)35(21)3)12-16-7-4-5-10-30-16/h4-11,14H,2,12-13H2,1,3H3,(H,33,34,38)/b15-11+,31-23?. The molecule has 0 aliphatic heterocycles. The van der Waals surface area contributed by atoms with Crippen molar-refractivity contribution in [2.45, 2.75) is 26.2 Å². The molecule has 40 heavy (non-hydrogen) atoms. The average Bonchev–Trinajstić information content (AvgIpc) is 3.33. The Morgan fingerprint density at radius 3 is 2.60 bits per heavy atom. The van der Waals surface area contributed by atoms with E-state index in [1.54, 1.807) is 30.5 Å². The lowest BCUT2D eigenvalue weighted by molar-refractivity contribution is -0.116.